The van der Waals surface area contributed by atoms with E-state index in [1.807, 2.05) is 26.0 Å². The van der Waals surface area contributed by atoms with E-state index in [0.29, 0.717) is 35.1 Å². The maximum Gasteiger partial charge on any atom is 0.265 e. The highest BCUT2D eigenvalue weighted by atomic mass is 32.2. The van der Waals surface area contributed by atoms with E-state index in [4.69, 9.17) is 9.29 Å². The molecule has 0 spiro atoms. The Morgan fingerprint density at radius 3 is 2.38 bits per heavy atom. The van der Waals surface area contributed by atoms with Crippen molar-refractivity contribution in [3.05, 3.63) is 41.5 Å². The summed E-state index contributed by atoms with van der Waals surface area (Å²) in [6, 6.07) is 8.81. The highest BCUT2D eigenvalue weighted by molar-refractivity contribution is 7.85. The van der Waals surface area contributed by atoms with Crippen LogP contribution in [0, 0.1) is 16.7 Å². The third-order valence-electron chi connectivity index (χ3n) is 7.47. The molecule has 8 nitrogen and oxygen atoms in total. The largest absolute Gasteiger partial charge is 0.497 e. The van der Waals surface area contributed by atoms with Crippen molar-refractivity contribution >= 4 is 38.5 Å². The number of Topliss-reactive ketones (excluding diaryl/α,β-unsaturated/α-hetero) is 1. The lowest BCUT2D eigenvalue weighted by Gasteiger charge is -2.35. The summed E-state index contributed by atoms with van der Waals surface area (Å²) >= 11 is 0. The summed E-state index contributed by atoms with van der Waals surface area (Å²) < 4.78 is 36.1. The number of hydrogen-bond donors (Lipinski definition) is 2. The van der Waals surface area contributed by atoms with Crippen molar-refractivity contribution in [3.8, 4) is 5.75 Å². The molecule has 9 heteroatoms. The number of methoxy groups -OCH3 is 1. The van der Waals surface area contributed by atoms with Gasteiger partial charge in [0.05, 0.1) is 23.8 Å². The second-order valence-corrected chi connectivity index (χ2v) is 10.7. The zero-order valence-corrected chi connectivity index (χ0v) is 18.9. The molecule has 2 fully saturated rings. The van der Waals surface area contributed by atoms with Crippen LogP contribution in [0.25, 0.3) is 10.8 Å². The molecule has 0 saturated heterocycles. The van der Waals surface area contributed by atoms with Crippen LogP contribution >= 0.6 is 0 Å². The number of rotatable bonds is 3. The average molecular weight is 460 g/mol. The maximum atomic E-state index is 11.9. The van der Waals surface area contributed by atoms with Crippen LogP contribution in [0.5, 0.6) is 5.75 Å². The highest BCUT2D eigenvalue weighted by Crippen LogP contribution is 2.64. The summed E-state index contributed by atoms with van der Waals surface area (Å²) in [7, 11) is -2.53. The van der Waals surface area contributed by atoms with Gasteiger partial charge in [0.25, 0.3) is 21.9 Å². The minimum absolute atomic E-state index is 0.0152. The van der Waals surface area contributed by atoms with Crippen LogP contribution in [0.2, 0.25) is 0 Å². The van der Waals surface area contributed by atoms with Gasteiger partial charge in [-0.2, -0.15) is 8.42 Å². The van der Waals surface area contributed by atoms with Crippen molar-refractivity contribution < 1.29 is 32.1 Å². The number of carbonyl (C=O) groups is 3. The van der Waals surface area contributed by atoms with Gasteiger partial charge >= 0.3 is 0 Å². The molecule has 2 bridgehead atoms. The van der Waals surface area contributed by atoms with Crippen molar-refractivity contribution in [2.75, 3.05) is 12.9 Å². The third-order valence-corrected chi connectivity index (χ3v) is 8.33. The van der Waals surface area contributed by atoms with Crippen LogP contribution in [0.15, 0.2) is 30.3 Å². The van der Waals surface area contributed by atoms with Crippen LogP contribution in [0.4, 0.5) is 0 Å². The van der Waals surface area contributed by atoms with Crippen molar-refractivity contribution in [3.63, 3.8) is 0 Å². The van der Waals surface area contributed by atoms with E-state index in [-0.39, 0.29) is 28.9 Å². The molecular weight excluding hydrogens is 434 g/mol. The molecule has 32 heavy (non-hydrogen) atoms. The highest BCUT2D eigenvalue weighted by Gasteiger charge is 2.65. The van der Waals surface area contributed by atoms with Gasteiger partial charge in [0.15, 0.2) is 0 Å². The van der Waals surface area contributed by atoms with Crippen LogP contribution in [-0.2, 0) is 14.9 Å². The summed E-state index contributed by atoms with van der Waals surface area (Å²) in [5.74, 6) is -0.222. The smallest absolute Gasteiger partial charge is 0.265 e. The number of hydrogen-bond acceptors (Lipinski definition) is 6. The lowest BCUT2D eigenvalue weighted by atomic mass is 9.70. The molecule has 2 N–H and O–H groups in total. The minimum atomic E-state index is -4.08. The number of fused-ring (bicyclic) bond motifs is 2. The number of imide groups is 1. The predicted molar refractivity (Wildman–Crippen MR) is 117 cm³/mol. The average Bonchev–Trinajstić information content (AvgIpc) is 3.05. The first kappa shape index (κ1) is 22.4. The van der Waals surface area contributed by atoms with Crippen molar-refractivity contribution in [2.24, 2.45) is 16.7 Å². The summed E-state index contributed by atoms with van der Waals surface area (Å²) in [5, 5.41) is 3.84. The van der Waals surface area contributed by atoms with Gasteiger partial charge in [-0.3, -0.25) is 24.3 Å². The SMILES string of the molecule is CC1(C)C2CCC1(CS(=O)(=O)O)C(=O)C2.COc1cc2c3c(cccc3c1)C(=O)NC2=O. The number of ketones is 1. The molecule has 0 aromatic heterocycles. The summed E-state index contributed by atoms with van der Waals surface area (Å²) in [6.07, 6.45) is 1.97. The van der Waals surface area contributed by atoms with Crippen LogP contribution in [0.3, 0.4) is 0 Å². The van der Waals surface area contributed by atoms with Gasteiger partial charge in [0, 0.05) is 17.4 Å². The van der Waals surface area contributed by atoms with Gasteiger partial charge in [0.1, 0.15) is 11.5 Å². The van der Waals surface area contributed by atoms with E-state index >= 15 is 0 Å². The molecule has 2 unspecified atom stereocenters. The minimum Gasteiger partial charge on any atom is -0.497 e. The van der Waals surface area contributed by atoms with Gasteiger partial charge in [0.2, 0.25) is 0 Å². The van der Waals surface area contributed by atoms with Gasteiger partial charge in [-0.25, -0.2) is 0 Å². The molecule has 2 saturated carbocycles. The molecule has 5 rings (SSSR count). The molecule has 2 amide bonds. The molecule has 2 aromatic carbocycles. The molecule has 2 aromatic rings. The summed E-state index contributed by atoms with van der Waals surface area (Å²) in [6.45, 7) is 3.89. The molecular formula is C23H25NO7S. The van der Waals surface area contributed by atoms with E-state index in [9.17, 15) is 22.8 Å². The number of nitrogens with one attached hydrogen (secondary N) is 1. The van der Waals surface area contributed by atoms with Crippen molar-refractivity contribution in [2.45, 2.75) is 33.1 Å². The zero-order chi connectivity index (χ0) is 23.5. The summed E-state index contributed by atoms with van der Waals surface area (Å²) in [5.41, 5.74) is -0.111. The molecule has 170 valence electrons. The lowest BCUT2D eigenvalue weighted by molar-refractivity contribution is -0.128. The number of amides is 2. The van der Waals surface area contributed by atoms with Gasteiger partial charge in [-0.1, -0.05) is 26.0 Å². The fourth-order valence-corrected chi connectivity index (χ4v) is 6.84. The van der Waals surface area contributed by atoms with Gasteiger partial charge in [-0.15, -0.1) is 0 Å². The molecule has 1 heterocycles. The third kappa shape index (κ3) is 3.40. The molecule has 3 aliphatic rings. The first-order valence-corrected chi connectivity index (χ1v) is 12.0. The Bertz CT molecular complexity index is 1260. The Kier molecular flexibility index (Phi) is 5.17. The zero-order valence-electron chi connectivity index (χ0n) is 18.1. The van der Waals surface area contributed by atoms with Crippen molar-refractivity contribution in [1.29, 1.82) is 0 Å². The number of carbonyl (C=O) groups excluding carboxylic acids is 3. The standard InChI is InChI=1S/C13H9NO3.C10H16O4S/c1-17-8-5-7-3-2-4-9-11(7)10(6-8)13(16)14-12(9)15;1-9(2)7-3-4-10(9,8(11)5-7)6-15(12,13)14/h2-6H,1H3,(H,14,15,16);7H,3-6H2,1-2H3,(H,12,13,14). The van der Waals surface area contributed by atoms with E-state index in [2.05, 4.69) is 5.32 Å². The quantitative estimate of drug-likeness (QED) is 0.534. The number of benzene rings is 2. The molecule has 2 aliphatic carbocycles. The topological polar surface area (TPSA) is 127 Å². The predicted octanol–water partition coefficient (Wildman–Crippen LogP) is 3.00. The fraction of sp³-hybridized carbons (Fsp3) is 0.435. The maximum absolute atomic E-state index is 11.9. The molecule has 2 atom stereocenters. The first-order valence-electron chi connectivity index (χ1n) is 10.3. The number of ether oxygens (including phenoxy) is 1. The van der Waals surface area contributed by atoms with E-state index < -0.39 is 21.3 Å². The van der Waals surface area contributed by atoms with Crippen LogP contribution in [0.1, 0.15) is 53.8 Å². The van der Waals surface area contributed by atoms with Crippen LogP contribution < -0.4 is 10.1 Å². The van der Waals surface area contributed by atoms with Crippen molar-refractivity contribution in [1.82, 2.24) is 5.32 Å². The van der Waals surface area contributed by atoms with Gasteiger partial charge < -0.3 is 4.74 Å². The summed E-state index contributed by atoms with van der Waals surface area (Å²) in [4.78, 5) is 35.3. The Balaban J connectivity index is 0.000000155. The lowest BCUT2D eigenvalue weighted by Crippen LogP contribution is -2.42. The molecule has 0 radical (unpaired) electrons. The van der Waals surface area contributed by atoms with E-state index in [0.717, 1.165) is 11.8 Å². The first-order chi connectivity index (χ1) is 14.9. The van der Waals surface area contributed by atoms with Gasteiger partial charge in [-0.05, 0) is 47.8 Å². The Labute approximate surface area is 186 Å². The van der Waals surface area contributed by atoms with Crippen LogP contribution in [-0.4, -0.2) is 43.4 Å². The van der Waals surface area contributed by atoms with E-state index in [1.165, 1.54) is 0 Å². The second kappa shape index (κ2) is 7.38. The monoisotopic (exact) mass is 459 g/mol. The Morgan fingerprint density at radius 1 is 1.12 bits per heavy atom. The Hall–Kier alpha value is -2.78. The Morgan fingerprint density at radius 2 is 1.81 bits per heavy atom. The fourth-order valence-electron chi connectivity index (χ4n) is 5.54. The molecule has 1 aliphatic heterocycles. The normalized spacial score (nSPS) is 25.4. The van der Waals surface area contributed by atoms with E-state index in [1.54, 1.807) is 25.3 Å². The second-order valence-electron chi connectivity index (χ2n) is 9.25.